The molecule has 1 amide bonds. The van der Waals surface area contributed by atoms with Gasteiger partial charge in [0.2, 0.25) is 5.91 Å². The van der Waals surface area contributed by atoms with Crippen molar-refractivity contribution in [2.24, 2.45) is 10.8 Å². The lowest BCUT2D eigenvalue weighted by Gasteiger charge is -2.54. The molecule has 4 aliphatic rings. The lowest BCUT2D eigenvalue weighted by molar-refractivity contribution is -0.918. The van der Waals surface area contributed by atoms with E-state index in [9.17, 15) is 4.79 Å². The van der Waals surface area contributed by atoms with Crippen LogP contribution in [0, 0.1) is 10.8 Å². The van der Waals surface area contributed by atoms with Crippen LogP contribution < -0.4 is 15.1 Å². The predicted octanol–water partition coefficient (Wildman–Crippen LogP) is -2.69. The molecule has 3 N–H and O–H groups in total. The minimum absolute atomic E-state index is 0.138. The molecule has 0 atom stereocenters. The molecule has 4 saturated heterocycles. The van der Waals surface area contributed by atoms with Crippen LogP contribution in [0.1, 0.15) is 20.8 Å². The van der Waals surface area contributed by atoms with Crippen molar-refractivity contribution in [3.05, 3.63) is 0 Å². The third-order valence-electron chi connectivity index (χ3n) is 5.19. The molecule has 4 nitrogen and oxygen atoms in total. The molecule has 4 bridgehead atoms. The number of hydrogen-bond acceptors (Lipinski definition) is 1. The van der Waals surface area contributed by atoms with Crippen LogP contribution in [-0.2, 0) is 4.79 Å². The van der Waals surface area contributed by atoms with E-state index in [2.05, 4.69) is 19.2 Å². The zero-order valence-electron chi connectivity index (χ0n) is 11.2. The summed E-state index contributed by atoms with van der Waals surface area (Å²) in [5.41, 5.74) is 0.580. The average Bonchev–Trinajstić information content (AvgIpc) is 2.38. The van der Waals surface area contributed by atoms with Crippen LogP contribution in [0.4, 0.5) is 0 Å². The number of carbonyl (C=O) groups is 1. The van der Waals surface area contributed by atoms with Gasteiger partial charge in [-0.1, -0.05) is 0 Å². The first-order chi connectivity index (χ1) is 7.91. The molecule has 4 fully saturated rings. The maximum absolute atomic E-state index is 11.5. The van der Waals surface area contributed by atoms with Gasteiger partial charge in [-0.3, -0.25) is 4.79 Å². The smallest absolute Gasteiger partial charge is 0.217 e. The van der Waals surface area contributed by atoms with Gasteiger partial charge in [-0.2, -0.15) is 0 Å². The predicted molar refractivity (Wildman–Crippen MR) is 64.9 cm³/mol. The summed E-state index contributed by atoms with van der Waals surface area (Å²) in [7, 11) is 0. The van der Waals surface area contributed by atoms with Gasteiger partial charge in [0.05, 0.1) is 43.1 Å². The van der Waals surface area contributed by atoms with Crippen molar-refractivity contribution in [2.45, 2.75) is 26.8 Å². The quantitative estimate of drug-likeness (QED) is 0.458. The molecule has 4 heteroatoms. The number of piperidine rings is 2. The Morgan fingerprint density at radius 2 is 1.47 bits per heavy atom. The van der Waals surface area contributed by atoms with Crippen LogP contribution in [-0.4, -0.2) is 51.2 Å². The lowest BCUT2D eigenvalue weighted by Crippen LogP contribution is -3.19. The number of amides is 1. The zero-order valence-corrected chi connectivity index (χ0v) is 11.2. The van der Waals surface area contributed by atoms with Gasteiger partial charge >= 0.3 is 0 Å². The standard InChI is InChI=1S/C13H23N3O/c1-10(17)14-11-12(2)6-15-4-5-16(7-12)9-13(11,3)8-15/h11H,4-9H2,1-3H3,(H,14,17)/p+2. The van der Waals surface area contributed by atoms with Crippen molar-refractivity contribution < 1.29 is 14.6 Å². The van der Waals surface area contributed by atoms with E-state index in [0.717, 1.165) is 0 Å². The number of hydrogen-bond donors (Lipinski definition) is 3. The summed E-state index contributed by atoms with van der Waals surface area (Å²) in [5.74, 6) is 0.138. The molecule has 4 aliphatic heterocycles. The second kappa shape index (κ2) is 3.45. The van der Waals surface area contributed by atoms with Gasteiger partial charge in [-0.05, 0) is 13.8 Å². The van der Waals surface area contributed by atoms with Crippen LogP contribution in [0.5, 0.6) is 0 Å². The van der Waals surface area contributed by atoms with E-state index in [0.29, 0.717) is 6.04 Å². The van der Waals surface area contributed by atoms with Gasteiger partial charge in [0.15, 0.2) is 0 Å². The van der Waals surface area contributed by atoms with E-state index in [4.69, 9.17) is 0 Å². The van der Waals surface area contributed by atoms with Gasteiger partial charge in [-0.15, -0.1) is 0 Å². The fourth-order valence-corrected chi connectivity index (χ4v) is 5.04. The molecule has 4 rings (SSSR count). The minimum Gasteiger partial charge on any atom is -0.352 e. The summed E-state index contributed by atoms with van der Waals surface area (Å²) in [6.45, 7) is 14.0. The third kappa shape index (κ3) is 1.69. The van der Waals surface area contributed by atoms with Crippen molar-refractivity contribution in [3.8, 4) is 0 Å². The zero-order chi connectivity index (χ0) is 12.3. The highest BCUT2D eigenvalue weighted by molar-refractivity contribution is 5.73. The Balaban J connectivity index is 1.97. The lowest BCUT2D eigenvalue weighted by atomic mass is 9.61. The third-order valence-corrected chi connectivity index (χ3v) is 5.19. The fourth-order valence-electron chi connectivity index (χ4n) is 5.04. The molecular weight excluding hydrogens is 214 g/mol. The van der Waals surface area contributed by atoms with Gasteiger partial charge in [0, 0.05) is 6.92 Å². The fraction of sp³-hybridized carbons (Fsp3) is 0.923. The molecule has 0 aliphatic carbocycles. The molecule has 0 saturated carbocycles. The van der Waals surface area contributed by atoms with Crippen LogP contribution in [0.25, 0.3) is 0 Å². The maximum Gasteiger partial charge on any atom is 0.217 e. The summed E-state index contributed by atoms with van der Waals surface area (Å²) in [6.07, 6.45) is 0. The highest BCUT2D eigenvalue weighted by Crippen LogP contribution is 2.37. The highest BCUT2D eigenvalue weighted by Gasteiger charge is 2.62. The van der Waals surface area contributed by atoms with E-state index in [-0.39, 0.29) is 16.7 Å². The normalized spacial score (nSPS) is 52.3. The summed E-state index contributed by atoms with van der Waals surface area (Å²) in [5, 5.41) is 3.27. The van der Waals surface area contributed by atoms with Gasteiger partial charge in [0.1, 0.15) is 13.1 Å². The first kappa shape index (κ1) is 11.5. The molecule has 0 unspecified atom stereocenters. The number of rotatable bonds is 1. The van der Waals surface area contributed by atoms with Crippen LogP contribution in [0.3, 0.4) is 0 Å². The second-order valence-corrected chi connectivity index (χ2v) is 7.15. The number of carbonyl (C=O) groups excluding carboxylic acids is 1. The molecule has 0 aromatic rings. The molecule has 0 spiro atoms. The Bertz CT molecular complexity index is 317. The number of fused-ring (bicyclic) bond motifs is 1. The minimum atomic E-state index is 0.138. The van der Waals surface area contributed by atoms with E-state index in [1.807, 2.05) is 0 Å². The molecule has 0 radical (unpaired) electrons. The van der Waals surface area contributed by atoms with Crippen LogP contribution in [0.2, 0.25) is 0 Å². The van der Waals surface area contributed by atoms with Crippen LogP contribution in [0.15, 0.2) is 0 Å². The Kier molecular flexibility index (Phi) is 2.33. The summed E-state index contributed by atoms with van der Waals surface area (Å²) in [4.78, 5) is 15.0. The monoisotopic (exact) mass is 239 g/mol. The highest BCUT2D eigenvalue weighted by atomic mass is 16.1. The number of nitrogens with one attached hydrogen (secondary N) is 3. The Morgan fingerprint density at radius 3 is 1.82 bits per heavy atom. The van der Waals surface area contributed by atoms with Crippen molar-refractivity contribution in [2.75, 3.05) is 39.3 Å². The van der Waals surface area contributed by atoms with E-state index < -0.39 is 0 Å². The van der Waals surface area contributed by atoms with Gasteiger partial charge in [-0.25, -0.2) is 0 Å². The Hall–Kier alpha value is -0.610. The molecule has 0 aromatic carbocycles. The van der Waals surface area contributed by atoms with E-state index in [1.54, 1.807) is 16.7 Å². The molecule has 4 heterocycles. The summed E-state index contributed by atoms with van der Waals surface area (Å²) < 4.78 is 0. The molecule has 17 heavy (non-hydrogen) atoms. The first-order valence-corrected chi connectivity index (χ1v) is 6.86. The van der Waals surface area contributed by atoms with E-state index in [1.165, 1.54) is 39.3 Å². The van der Waals surface area contributed by atoms with Gasteiger partial charge < -0.3 is 15.1 Å². The number of quaternary nitrogens is 2. The largest absolute Gasteiger partial charge is 0.352 e. The van der Waals surface area contributed by atoms with Crippen molar-refractivity contribution in [1.82, 2.24) is 5.32 Å². The van der Waals surface area contributed by atoms with Crippen molar-refractivity contribution in [3.63, 3.8) is 0 Å². The summed E-state index contributed by atoms with van der Waals surface area (Å²) in [6, 6.07) is 0.373. The topological polar surface area (TPSA) is 38.0 Å². The first-order valence-electron chi connectivity index (χ1n) is 6.86. The Morgan fingerprint density at radius 1 is 1.06 bits per heavy atom. The SMILES string of the molecule is CC(=O)NC1C2(C)C[NH+]3CC[NH+](C2)CC1(C)C3. The molecular formula is C13H25N3O+2. The van der Waals surface area contributed by atoms with Crippen LogP contribution >= 0.6 is 0 Å². The van der Waals surface area contributed by atoms with Crippen molar-refractivity contribution >= 4 is 5.91 Å². The second-order valence-electron chi connectivity index (χ2n) is 7.15. The molecule has 0 aromatic heterocycles. The van der Waals surface area contributed by atoms with E-state index >= 15 is 0 Å². The Labute approximate surface area is 103 Å². The average molecular weight is 239 g/mol. The van der Waals surface area contributed by atoms with Crippen molar-refractivity contribution in [1.29, 1.82) is 0 Å². The summed E-state index contributed by atoms with van der Waals surface area (Å²) >= 11 is 0. The molecule has 96 valence electrons. The van der Waals surface area contributed by atoms with Gasteiger partial charge in [0.25, 0.3) is 0 Å². The maximum atomic E-state index is 11.5.